The number of ether oxygens (including phenoxy) is 1. The first kappa shape index (κ1) is 25.2. The summed E-state index contributed by atoms with van der Waals surface area (Å²) in [4.78, 5) is 37.6. The number of carbonyl (C=O) groups is 2. The molecule has 5 rings (SSSR count). The van der Waals surface area contributed by atoms with E-state index in [1.54, 1.807) is 55.5 Å². The Morgan fingerprint density at radius 2 is 1.67 bits per heavy atom. The van der Waals surface area contributed by atoms with E-state index in [2.05, 4.69) is 21.0 Å². The predicted molar refractivity (Wildman–Crippen MR) is 146 cm³/mol. The van der Waals surface area contributed by atoms with Crippen molar-refractivity contribution in [2.45, 2.75) is 13.0 Å². The van der Waals surface area contributed by atoms with Crippen LogP contribution in [0, 0.1) is 10.1 Å². The summed E-state index contributed by atoms with van der Waals surface area (Å²) in [7, 11) is 1.51. The number of rotatable bonds is 7. The van der Waals surface area contributed by atoms with Crippen LogP contribution >= 0.6 is 0 Å². The summed E-state index contributed by atoms with van der Waals surface area (Å²) in [6.07, 6.45) is 1.42. The van der Waals surface area contributed by atoms with Gasteiger partial charge in [-0.15, -0.1) is 0 Å². The lowest BCUT2D eigenvalue weighted by atomic mass is 9.94. The fourth-order valence-corrected chi connectivity index (χ4v) is 4.46. The van der Waals surface area contributed by atoms with Crippen LogP contribution in [0.4, 0.5) is 22.9 Å². The third kappa shape index (κ3) is 4.92. The molecule has 39 heavy (non-hydrogen) atoms. The molecular formula is C28H24N6O5. The highest BCUT2D eigenvalue weighted by atomic mass is 16.6. The van der Waals surface area contributed by atoms with Gasteiger partial charge in [0, 0.05) is 23.5 Å². The molecule has 1 atom stereocenters. The largest absolute Gasteiger partial charge is 0.495 e. The van der Waals surface area contributed by atoms with Crippen LogP contribution in [0.3, 0.4) is 0 Å². The maximum Gasteiger partial charge on any atom is 0.269 e. The van der Waals surface area contributed by atoms with Crippen LogP contribution in [-0.4, -0.2) is 33.6 Å². The van der Waals surface area contributed by atoms with Crippen LogP contribution in [-0.2, 0) is 4.79 Å². The maximum atomic E-state index is 13.7. The number of non-ortho nitro benzene ring substituents is 1. The quantitative estimate of drug-likeness (QED) is 0.229. The van der Waals surface area contributed by atoms with Crippen molar-refractivity contribution < 1.29 is 19.2 Å². The highest BCUT2D eigenvalue weighted by Gasteiger charge is 2.35. The molecule has 3 N–H and O–H groups in total. The van der Waals surface area contributed by atoms with Gasteiger partial charge in [-0.25, -0.2) is 4.68 Å². The van der Waals surface area contributed by atoms with Crippen molar-refractivity contribution >= 4 is 34.7 Å². The number of allylic oxidation sites excluding steroid dienone is 1. The van der Waals surface area contributed by atoms with Crippen LogP contribution in [0.15, 0.2) is 96.3 Å². The number of nitro benzene ring substituents is 1. The fourth-order valence-electron chi connectivity index (χ4n) is 4.46. The number of anilines is 3. The normalized spacial score (nSPS) is 14.2. The van der Waals surface area contributed by atoms with Gasteiger partial charge in [-0.05, 0) is 48.9 Å². The SMILES string of the molecule is COc1ccccc1NC(=O)C1=C(C)Nc2c(C(=O)Nc3ccccc3)cnn2[C@H]1c1ccc([N+](=O)[O-])cc1. The summed E-state index contributed by atoms with van der Waals surface area (Å²) in [6.45, 7) is 1.73. The number of nitrogens with one attached hydrogen (secondary N) is 3. The topological polar surface area (TPSA) is 140 Å². The minimum absolute atomic E-state index is 0.0861. The van der Waals surface area contributed by atoms with Crippen LogP contribution < -0.4 is 20.7 Å². The zero-order valence-corrected chi connectivity index (χ0v) is 21.0. The highest BCUT2D eigenvalue weighted by molar-refractivity contribution is 6.09. The van der Waals surface area contributed by atoms with E-state index in [-0.39, 0.29) is 17.2 Å². The van der Waals surface area contributed by atoms with Crippen molar-refractivity contribution in [1.82, 2.24) is 9.78 Å². The number of hydrogen-bond donors (Lipinski definition) is 3. The average Bonchev–Trinajstić information content (AvgIpc) is 3.36. The van der Waals surface area contributed by atoms with Crippen LogP contribution in [0.25, 0.3) is 0 Å². The molecule has 2 amide bonds. The van der Waals surface area contributed by atoms with Crippen molar-refractivity contribution in [3.05, 3.63) is 118 Å². The highest BCUT2D eigenvalue weighted by Crippen LogP contribution is 2.39. The standard InChI is InChI=1S/C28H24N6O5/c1-17-24(28(36)32-22-10-6-7-11-23(22)39-2)25(18-12-14-20(15-13-18)34(37)38)33-26(30-17)21(16-29-33)27(35)31-19-8-4-3-5-9-19/h3-16,25,30H,1-2H3,(H,31,35)(H,32,36)/t25-/m0/s1. The predicted octanol–water partition coefficient (Wildman–Crippen LogP) is 4.98. The van der Waals surface area contributed by atoms with Gasteiger partial charge in [0.25, 0.3) is 17.5 Å². The van der Waals surface area contributed by atoms with E-state index < -0.39 is 16.9 Å². The van der Waals surface area contributed by atoms with E-state index in [9.17, 15) is 19.7 Å². The van der Waals surface area contributed by atoms with Gasteiger partial charge in [-0.1, -0.05) is 30.3 Å². The summed E-state index contributed by atoms with van der Waals surface area (Å²) in [6, 6.07) is 21.1. The van der Waals surface area contributed by atoms with E-state index in [0.717, 1.165) is 0 Å². The summed E-state index contributed by atoms with van der Waals surface area (Å²) in [5.74, 6) is 0.0638. The molecule has 2 heterocycles. The van der Waals surface area contributed by atoms with Crippen molar-refractivity contribution in [1.29, 1.82) is 0 Å². The molecule has 3 aromatic carbocycles. The summed E-state index contributed by atoms with van der Waals surface area (Å²) < 4.78 is 6.90. The molecule has 0 bridgehead atoms. The van der Waals surface area contributed by atoms with E-state index in [1.165, 1.54) is 30.1 Å². The van der Waals surface area contributed by atoms with Gasteiger partial charge in [0.15, 0.2) is 0 Å². The van der Waals surface area contributed by atoms with Gasteiger partial charge in [0.05, 0.1) is 29.5 Å². The number of benzene rings is 3. The molecule has 0 aliphatic carbocycles. The Morgan fingerprint density at radius 1 is 0.974 bits per heavy atom. The second kappa shape index (κ2) is 10.5. The summed E-state index contributed by atoms with van der Waals surface area (Å²) in [5.41, 5.74) is 2.67. The molecule has 0 fully saturated rings. The fraction of sp³-hybridized carbons (Fsp3) is 0.107. The van der Waals surface area contributed by atoms with Gasteiger partial charge in [0.2, 0.25) is 0 Å². The molecule has 0 unspecified atom stereocenters. The van der Waals surface area contributed by atoms with Crippen molar-refractivity contribution in [2.75, 3.05) is 23.1 Å². The smallest absolute Gasteiger partial charge is 0.269 e. The van der Waals surface area contributed by atoms with Gasteiger partial charge in [0.1, 0.15) is 23.2 Å². The number of fused-ring (bicyclic) bond motifs is 1. The van der Waals surface area contributed by atoms with Gasteiger partial charge < -0.3 is 20.7 Å². The second-order valence-corrected chi connectivity index (χ2v) is 8.74. The Hall–Kier alpha value is -5.45. The Labute approximate surface area is 223 Å². The average molecular weight is 525 g/mol. The number of carbonyl (C=O) groups excluding carboxylic acids is 2. The number of amides is 2. The minimum Gasteiger partial charge on any atom is -0.495 e. The number of nitrogens with zero attached hydrogens (tertiary/aromatic N) is 3. The van der Waals surface area contributed by atoms with E-state index >= 15 is 0 Å². The van der Waals surface area contributed by atoms with Crippen LogP contribution in [0.2, 0.25) is 0 Å². The Bertz CT molecular complexity index is 1590. The van der Waals surface area contributed by atoms with Crippen LogP contribution in [0.1, 0.15) is 28.9 Å². The van der Waals surface area contributed by atoms with E-state index in [4.69, 9.17) is 4.74 Å². The van der Waals surface area contributed by atoms with Gasteiger partial charge >= 0.3 is 0 Å². The van der Waals surface area contributed by atoms with Crippen LogP contribution in [0.5, 0.6) is 5.75 Å². The third-order valence-corrected chi connectivity index (χ3v) is 6.32. The number of aromatic nitrogens is 2. The lowest BCUT2D eigenvalue weighted by Crippen LogP contribution is -2.32. The molecule has 1 aromatic heterocycles. The van der Waals surface area contributed by atoms with Crippen molar-refractivity contribution in [3.63, 3.8) is 0 Å². The Balaban J connectivity index is 1.56. The molecule has 0 saturated carbocycles. The lowest BCUT2D eigenvalue weighted by Gasteiger charge is -2.30. The zero-order chi connectivity index (χ0) is 27.5. The molecule has 1 aliphatic heterocycles. The maximum absolute atomic E-state index is 13.7. The van der Waals surface area contributed by atoms with Gasteiger partial charge in [-0.2, -0.15) is 5.10 Å². The molecule has 11 heteroatoms. The van der Waals surface area contributed by atoms with E-state index in [0.29, 0.717) is 39.8 Å². The monoisotopic (exact) mass is 524 g/mol. The van der Waals surface area contributed by atoms with Crippen molar-refractivity contribution in [3.8, 4) is 5.75 Å². The first-order valence-electron chi connectivity index (χ1n) is 12.0. The molecule has 0 spiro atoms. The third-order valence-electron chi connectivity index (χ3n) is 6.32. The molecule has 11 nitrogen and oxygen atoms in total. The van der Waals surface area contributed by atoms with E-state index in [1.807, 2.05) is 18.2 Å². The molecular weight excluding hydrogens is 500 g/mol. The molecule has 4 aromatic rings. The zero-order valence-electron chi connectivity index (χ0n) is 21.0. The van der Waals surface area contributed by atoms with Crippen molar-refractivity contribution in [2.24, 2.45) is 0 Å². The molecule has 196 valence electrons. The number of methoxy groups -OCH3 is 1. The molecule has 1 aliphatic rings. The Kier molecular flexibility index (Phi) is 6.79. The number of nitro groups is 1. The number of para-hydroxylation sites is 3. The summed E-state index contributed by atoms with van der Waals surface area (Å²) >= 11 is 0. The Morgan fingerprint density at radius 3 is 2.36 bits per heavy atom. The second-order valence-electron chi connectivity index (χ2n) is 8.74. The first-order chi connectivity index (χ1) is 18.9. The lowest BCUT2D eigenvalue weighted by molar-refractivity contribution is -0.384. The number of hydrogen-bond acceptors (Lipinski definition) is 7. The van der Waals surface area contributed by atoms with Gasteiger partial charge in [-0.3, -0.25) is 19.7 Å². The first-order valence-corrected chi connectivity index (χ1v) is 12.0. The molecule has 0 saturated heterocycles. The molecule has 0 radical (unpaired) electrons. The summed E-state index contributed by atoms with van der Waals surface area (Å²) in [5, 5.41) is 24.6. The minimum atomic E-state index is -0.782.